The Hall–Kier alpha value is -3.00. The van der Waals surface area contributed by atoms with Crippen molar-refractivity contribution in [3.05, 3.63) is 52.9 Å². The van der Waals surface area contributed by atoms with E-state index in [9.17, 15) is 9.59 Å². The average Bonchev–Trinajstić information content (AvgIpc) is 3.14. The monoisotopic (exact) mass is 367 g/mol. The van der Waals surface area contributed by atoms with Crippen LogP contribution >= 0.6 is 11.8 Å². The molecule has 7 nitrogen and oxygen atoms in total. The summed E-state index contributed by atoms with van der Waals surface area (Å²) in [4.78, 5) is 33.8. The topological polar surface area (TPSA) is 95.6 Å². The van der Waals surface area contributed by atoms with Crippen LogP contribution in [0.15, 0.2) is 52.4 Å². The molecule has 4 rings (SSSR count). The number of carbonyl (C=O) groups is 1. The lowest BCUT2D eigenvalue weighted by Gasteiger charge is -2.12. The van der Waals surface area contributed by atoms with Crippen LogP contribution < -0.4 is 11.0 Å². The highest BCUT2D eigenvalue weighted by Gasteiger charge is 2.18. The summed E-state index contributed by atoms with van der Waals surface area (Å²) in [7, 11) is 1.94. The molecule has 0 bridgehead atoms. The molecule has 0 spiro atoms. The van der Waals surface area contributed by atoms with Gasteiger partial charge in [-0.15, -0.1) is 0 Å². The van der Waals surface area contributed by atoms with Gasteiger partial charge in [-0.25, -0.2) is 9.78 Å². The van der Waals surface area contributed by atoms with E-state index in [2.05, 4.69) is 20.3 Å². The van der Waals surface area contributed by atoms with Gasteiger partial charge in [0.05, 0.1) is 27.3 Å². The molecule has 26 heavy (non-hydrogen) atoms. The zero-order chi connectivity index (χ0) is 18.3. The Balaban J connectivity index is 1.51. The van der Waals surface area contributed by atoms with Gasteiger partial charge >= 0.3 is 5.69 Å². The van der Waals surface area contributed by atoms with Crippen LogP contribution in [0.1, 0.15) is 6.92 Å². The molecule has 1 atom stereocenters. The fourth-order valence-corrected chi connectivity index (χ4v) is 3.68. The minimum absolute atomic E-state index is 0.126. The second-order valence-corrected chi connectivity index (χ2v) is 7.34. The number of anilines is 1. The summed E-state index contributed by atoms with van der Waals surface area (Å²) in [5.41, 5.74) is 3.67. The lowest BCUT2D eigenvalue weighted by atomic mass is 10.2. The van der Waals surface area contributed by atoms with E-state index in [4.69, 9.17) is 0 Å². The van der Waals surface area contributed by atoms with Crippen LogP contribution in [0.25, 0.3) is 22.1 Å². The van der Waals surface area contributed by atoms with Crippen LogP contribution in [0, 0.1) is 0 Å². The van der Waals surface area contributed by atoms with Crippen LogP contribution in [-0.4, -0.2) is 30.7 Å². The Morgan fingerprint density at radius 3 is 2.77 bits per heavy atom. The van der Waals surface area contributed by atoms with E-state index in [1.807, 2.05) is 42.8 Å². The number of para-hydroxylation sites is 2. The summed E-state index contributed by atoms with van der Waals surface area (Å²) >= 11 is 1.41. The number of imidazole rings is 2. The molecule has 1 amide bonds. The zero-order valence-corrected chi connectivity index (χ0v) is 15.1. The van der Waals surface area contributed by atoms with E-state index in [0.717, 1.165) is 16.2 Å². The minimum atomic E-state index is -0.327. The molecule has 0 fully saturated rings. The van der Waals surface area contributed by atoms with Gasteiger partial charge < -0.3 is 19.9 Å². The van der Waals surface area contributed by atoms with Crippen LogP contribution in [0.2, 0.25) is 0 Å². The Morgan fingerprint density at radius 1 is 1.19 bits per heavy atom. The van der Waals surface area contributed by atoms with Gasteiger partial charge in [-0.05, 0) is 37.3 Å². The van der Waals surface area contributed by atoms with E-state index in [1.54, 1.807) is 18.2 Å². The van der Waals surface area contributed by atoms with Crippen molar-refractivity contribution in [1.29, 1.82) is 0 Å². The second-order valence-electron chi connectivity index (χ2n) is 6.03. The lowest BCUT2D eigenvalue weighted by Crippen LogP contribution is -2.22. The van der Waals surface area contributed by atoms with Gasteiger partial charge in [-0.3, -0.25) is 4.79 Å². The molecule has 0 unspecified atom stereocenters. The quantitative estimate of drug-likeness (QED) is 0.483. The Labute approximate surface area is 152 Å². The molecule has 2 heterocycles. The molecule has 0 aliphatic heterocycles. The van der Waals surface area contributed by atoms with Crippen LogP contribution in [0.5, 0.6) is 0 Å². The molecule has 0 aliphatic rings. The van der Waals surface area contributed by atoms with Crippen molar-refractivity contribution in [2.75, 3.05) is 5.32 Å². The zero-order valence-electron chi connectivity index (χ0n) is 14.2. The maximum Gasteiger partial charge on any atom is 0.323 e. The van der Waals surface area contributed by atoms with Crippen molar-refractivity contribution in [1.82, 2.24) is 19.5 Å². The smallest absolute Gasteiger partial charge is 0.323 e. The SMILES string of the molecule is C[C@@H](Sc1nc2ccccc2n1C)C(=O)Nc1ccc2[nH]c(=O)[nH]c2c1. The molecular weight excluding hydrogens is 350 g/mol. The van der Waals surface area contributed by atoms with Crippen molar-refractivity contribution in [3.8, 4) is 0 Å². The lowest BCUT2D eigenvalue weighted by molar-refractivity contribution is -0.115. The number of thioether (sulfide) groups is 1. The van der Waals surface area contributed by atoms with Crippen molar-refractivity contribution < 1.29 is 4.79 Å². The number of aryl methyl sites for hydroxylation is 1. The molecule has 0 aliphatic carbocycles. The standard InChI is InChI=1S/C18H17N5O2S/c1-10(26-18-22-13-5-3-4-6-15(13)23(18)2)16(24)19-11-7-8-12-14(9-11)21-17(25)20-12/h3-10H,1-2H3,(H,19,24)(H2,20,21,25)/t10-/m1/s1. The number of fused-ring (bicyclic) bond motifs is 2. The highest BCUT2D eigenvalue weighted by atomic mass is 32.2. The fourth-order valence-electron chi connectivity index (χ4n) is 2.79. The summed E-state index contributed by atoms with van der Waals surface area (Å²) in [6.07, 6.45) is 0. The van der Waals surface area contributed by atoms with Crippen LogP contribution in [0.3, 0.4) is 0 Å². The van der Waals surface area contributed by atoms with E-state index in [1.165, 1.54) is 11.8 Å². The fraction of sp³-hybridized carbons (Fsp3) is 0.167. The van der Waals surface area contributed by atoms with Gasteiger partial charge in [0.25, 0.3) is 0 Å². The number of aromatic nitrogens is 4. The average molecular weight is 367 g/mol. The first-order valence-electron chi connectivity index (χ1n) is 8.12. The number of amides is 1. The summed E-state index contributed by atoms with van der Waals surface area (Å²) in [6, 6.07) is 13.1. The Bertz CT molecular complexity index is 1170. The number of nitrogens with one attached hydrogen (secondary N) is 3. The van der Waals surface area contributed by atoms with Gasteiger partial charge in [-0.2, -0.15) is 0 Å². The molecule has 132 valence electrons. The molecule has 4 aromatic rings. The Kier molecular flexibility index (Phi) is 4.04. The third-order valence-electron chi connectivity index (χ3n) is 4.18. The van der Waals surface area contributed by atoms with Gasteiger partial charge in [0.15, 0.2) is 5.16 Å². The van der Waals surface area contributed by atoms with Crippen molar-refractivity contribution in [2.24, 2.45) is 7.05 Å². The Morgan fingerprint density at radius 2 is 1.96 bits per heavy atom. The number of hydrogen-bond donors (Lipinski definition) is 3. The third-order valence-corrected chi connectivity index (χ3v) is 5.32. The third kappa shape index (κ3) is 2.99. The molecular formula is C18H17N5O2S. The largest absolute Gasteiger partial charge is 0.325 e. The summed E-state index contributed by atoms with van der Waals surface area (Å²) in [5, 5.41) is 3.35. The molecule has 0 saturated heterocycles. The van der Waals surface area contributed by atoms with E-state index in [-0.39, 0.29) is 16.8 Å². The predicted octanol–water partition coefficient (Wildman–Crippen LogP) is 2.86. The maximum atomic E-state index is 12.5. The number of benzene rings is 2. The first-order valence-corrected chi connectivity index (χ1v) is 9.00. The number of H-pyrrole nitrogens is 2. The van der Waals surface area contributed by atoms with Crippen molar-refractivity contribution in [2.45, 2.75) is 17.3 Å². The molecule has 2 aromatic heterocycles. The highest BCUT2D eigenvalue weighted by Crippen LogP contribution is 2.27. The van der Waals surface area contributed by atoms with Crippen LogP contribution in [-0.2, 0) is 11.8 Å². The van der Waals surface area contributed by atoms with Gasteiger partial charge in [0.1, 0.15) is 0 Å². The van der Waals surface area contributed by atoms with Crippen LogP contribution in [0.4, 0.5) is 5.69 Å². The highest BCUT2D eigenvalue weighted by molar-refractivity contribution is 8.00. The van der Waals surface area contributed by atoms with E-state index >= 15 is 0 Å². The normalized spacial score (nSPS) is 12.5. The molecule has 3 N–H and O–H groups in total. The van der Waals surface area contributed by atoms with Gasteiger partial charge in [0.2, 0.25) is 5.91 Å². The minimum Gasteiger partial charge on any atom is -0.325 e. The number of nitrogens with zero attached hydrogens (tertiary/aromatic N) is 2. The molecule has 0 saturated carbocycles. The second kappa shape index (κ2) is 6.38. The number of rotatable bonds is 4. The predicted molar refractivity (Wildman–Crippen MR) is 104 cm³/mol. The summed E-state index contributed by atoms with van der Waals surface area (Å²) < 4.78 is 1.99. The molecule has 2 aromatic carbocycles. The number of hydrogen-bond acceptors (Lipinski definition) is 4. The van der Waals surface area contributed by atoms with Crippen molar-refractivity contribution >= 4 is 45.4 Å². The van der Waals surface area contributed by atoms with E-state index in [0.29, 0.717) is 16.7 Å². The number of carbonyl (C=O) groups excluding carboxylic acids is 1. The van der Waals surface area contributed by atoms with Gasteiger partial charge in [0, 0.05) is 12.7 Å². The van der Waals surface area contributed by atoms with Gasteiger partial charge in [-0.1, -0.05) is 23.9 Å². The summed E-state index contributed by atoms with van der Waals surface area (Å²) in [5.74, 6) is -0.126. The first-order chi connectivity index (χ1) is 12.5. The molecule has 0 radical (unpaired) electrons. The van der Waals surface area contributed by atoms with Crippen molar-refractivity contribution in [3.63, 3.8) is 0 Å². The number of aromatic amines is 2. The summed E-state index contributed by atoms with van der Waals surface area (Å²) in [6.45, 7) is 1.84. The first kappa shape index (κ1) is 16.5. The maximum absolute atomic E-state index is 12.5. The molecule has 8 heteroatoms. The van der Waals surface area contributed by atoms with E-state index < -0.39 is 0 Å².